The van der Waals surface area contributed by atoms with E-state index in [4.69, 9.17) is 15.2 Å². The highest BCUT2D eigenvalue weighted by molar-refractivity contribution is 7.13. The molecule has 7 nitrogen and oxygen atoms in total. The molecule has 0 aliphatic carbocycles. The summed E-state index contributed by atoms with van der Waals surface area (Å²) in [6, 6.07) is 5.51. The molecule has 1 aromatic carbocycles. The van der Waals surface area contributed by atoms with Gasteiger partial charge < -0.3 is 15.2 Å². The first-order valence-electron chi connectivity index (χ1n) is 8.03. The van der Waals surface area contributed by atoms with Crippen LogP contribution >= 0.6 is 11.3 Å². The maximum absolute atomic E-state index is 11.8. The van der Waals surface area contributed by atoms with Gasteiger partial charge in [-0.15, -0.1) is 11.3 Å². The number of amides is 1. The van der Waals surface area contributed by atoms with Crippen LogP contribution in [-0.4, -0.2) is 30.3 Å². The summed E-state index contributed by atoms with van der Waals surface area (Å²) in [6.45, 7) is 5.13. The summed E-state index contributed by atoms with van der Waals surface area (Å²) < 4.78 is 11.2. The largest absolute Gasteiger partial charge is 0.490 e. The van der Waals surface area contributed by atoms with Crippen molar-refractivity contribution < 1.29 is 14.3 Å². The third kappa shape index (κ3) is 6.07. The molecule has 1 amide bonds. The number of nitrogens with one attached hydrogen (secondary N) is 1. The molecule has 0 radical (unpaired) electrons. The Balaban J connectivity index is 1.95. The zero-order valence-corrected chi connectivity index (χ0v) is 15.1. The van der Waals surface area contributed by atoms with Crippen LogP contribution in [0, 0.1) is 0 Å². The Morgan fingerprint density at radius 1 is 1.36 bits per heavy atom. The Morgan fingerprint density at radius 3 is 2.88 bits per heavy atom. The Bertz CT molecular complexity index is 730. The Hall–Kier alpha value is -2.61. The van der Waals surface area contributed by atoms with Gasteiger partial charge in [0.2, 0.25) is 5.91 Å². The number of benzene rings is 1. The molecular weight excluding hydrogens is 340 g/mol. The Morgan fingerprint density at radius 2 is 2.20 bits per heavy atom. The molecule has 8 heteroatoms. The zero-order chi connectivity index (χ0) is 18.1. The molecule has 0 unspecified atom stereocenters. The fraction of sp³-hybridized carbons (Fsp3) is 0.353. The highest BCUT2D eigenvalue weighted by atomic mass is 32.1. The molecule has 3 N–H and O–H groups in total. The first kappa shape index (κ1) is 18.7. The molecule has 0 saturated carbocycles. The van der Waals surface area contributed by atoms with Gasteiger partial charge in [-0.2, -0.15) is 5.10 Å². The lowest BCUT2D eigenvalue weighted by molar-refractivity contribution is -0.120. The highest BCUT2D eigenvalue weighted by Gasteiger charge is 2.07. The van der Waals surface area contributed by atoms with E-state index in [9.17, 15) is 4.79 Å². The second-order valence-corrected chi connectivity index (χ2v) is 6.02. The van der Waals surface area contributed by atoms with Crippen molar-refractivity contribution in [1.82, 2.24) is 10.4 Å². The monoisotopic (exact) mass is 362 g/mol. The lowest BCUT2D eigenvalue weighted by Crippen LogP contribution is -2.19. The third-order valence-electron chi connectivity index (χ3n) is 3.04. The van der Waals surface area contributed by atoms with Crippen LogP contribution in [0.4, 0.5) is 5.13 Å². The summed E-state index contributed by atoms with van der Waals surface area (Å²) in [6.07, 6.45) is 2.61. The van der Waals surface area contributed by atoms with Crippen molar-refractivity contribution in [1.29, 1.82) is 0 Å². The predicted octanol–water partition coefficient (Wildman–Crippen LogP) is 2.61. The van der Waals surface area contributed by atoms with Crippen molar-refractivity contribution in [2.45, 2.75) is 26.7 Å². The van der Waals surface area contributed by atoms with Gasteiger partial charge in [-0.05, 0) is 37.1 Å². The zero-order valence-electron chi connectivity index (χ0n) is 14.3. The summed E-state index contributed by atoms with van der Waals surface area (Å²) in [7, 11) is 0. The normalized spacial score (nSPS) is 10.8. The number of nitrogen functional groups attached to an aromatic ring is 1. The minimum absolute atomic E-state index is 0.138. The van der Waals surface area contributed by atoms with E-state index in [2.05, 4.69) is 15.5 Å². The molecule has 0 fully saturated rings. The molecule has 25 heavy (non-hydrogen) atoms. The standard InChI is InChI=1S/C17H22N4O3S/c1-3-7-24-14-6-5-12(8-15(14)23-4-2)10-19-21-16(22)9-13-11-25-17(18)20-13/h5-6,8,10-11H,3-4,7,9H2,1-2H3,(H2,18,20)(H,21,22)/b19-10+. The van der Waals surface area contributed by atoms with Crippen LogP contribution in [0.15, 0.2) is 28.7 Å². The number of thiazole rings is 1. The van der Waals surface area contributed by atoms with E-state index in [0.717, 1.165) is 12.0 Å². The van der Waals surface area contributed by atoms with E-state index in [1.165, 1.54) is 11.3 Å². The molecule has 0 bridgehead atoms. The second kappa shape index (κ2) is 9.63. The molecule has 0 spiro atoms. The molecule has 0 aliphatic heterocycles. The minimum Gasteiger partial charge on any atom is -0.490 e. The number of rotatable bonds is 9. The molecule has 0 aliphatic rings. The van der Waals surface area contributed by atoms with Crippen LogP contribution in [0.1, 0.15) is 31.5 Å². The average Bonchev–Trinajstić information content (AvgIpc) is 2.99. The number of hydrazone groups is 1. The van der Waals surface area contributed by atoms with Crippen LogP contribution in [0.25, 0.3) is 0 Å². The van der Waals surface area contributed by atoms with Crippen molar-refractivity contribution in [3.63, 3.8) is 0 Å². The van der Waals surface area contributed by atoms with Gasteiger partial charge in [0.1, 0.15) is 0 Å². The molecule has 2 aromatic rings. The van der Waals surface area contributed by atoms with Crippen molar-refractivity contribution in [2.24, 2.45) is 5.10 Å². The van der Waals surface area contributed by atoms with E-state index in [1.807, 2.05) is 32.0 Å². The van der Waals surface area contributed by atoms with E-state index >= 15 is 0 Å². The van der Waals surface area contributed by atoms with Gasteiger partial charge in [-0.25, -0.2) is 10.4 Å². The maximum atomic E-state index is 11.8. The van der Waals surface area contributed by atoms with E-state index in [0.29, 0.717) is 35.5 Å². The minimum atomic E-state index is -0.255. The number of carbonyl (C=O) groups excluding carboxylic acids is 1. The summed E-state index contributed by atoms with van der Waals surface area (Å²) >= 11 is 1.30. The van der Waals surface area contributed by atoms with Crippen LogP contribution in [-0.2, 0) is 11.2 Å². The molecule has 1 aromatic heterocycles. The average molecular weight is 362 g/mol. The first-order chi connectivity index (χ1) is 12.1. The van der Waals surface area contributed by atoms with Gasteiger partial charge in [-0.3, -0.25) is 4.79 Å². The van der Waals surface area contributed by atoms with Crippen LogP contribution in [0.5, 0.6) is 11.5 Å². The summed E-state index contributed by atoms with van der Waals surface area (Å²) in [5.74, 6) is 1.10. The van der Waals surface area contributed by atoms with Crippen LogP contribution in [0.2, 0.25) is 0 Å². The van der Waals surface area contributed by atoms with Crippen molar-refractivity contribution in [3.05, 3.63) is 34.8 Å². The molecule has 1 heterocycles. The van der Waals surface area contributed by atoms with Gasteiger partial charge in [-0.1, -0.05) is 6.92 Å². The number of hydrogen-bond donors (Lipinski definition) is 2. The highest BCUT2D eigenvalue weighted by Crippen LogP contribution is 2.28. The van der Waals surface area contributed by atoms with Crippen LogP contribution in [0.3, 0.4) is 0 Å². The van der Waals surface area contributed by atoms with Gasteiger partial charge in [0.05, 0.1) is 31.5 Å². The van der Waals surface area contributed by atoms with Gasteiger partial charge >= 0.3 is 0 Å². The van der Waals surface area contributed by atoms with Crippen LogP contribution < -0.4 is 20.6 Å². The fourth-order valence-corrected chi connectivity index (χ4v) is 2.55. The fourth-order valence-electron chi connectivity index (χ4n) is 1.99. The van der Waals surface area contributed by atoms with E-state index < -0.39 is 0 Å². The quantitative estimate of drug-likeness (QED) is 0.528. The van der Waals surface area contributed by atoms with E-state index in [1.54, 1.807) is 11.6 Å². The lowest BCUT2D eigenvalue weighted by Gasteiger charge is -2.11. The van der Waals surface area contributed by atoms with E-state index in [-0.39, 0.29) is 12.3 Å². The van der Waals surface area contributed by atoms with Crippen molar-refractivity contribution in [3.8, 4) is 11.5 Å². The second-order valence-electron chi connectivity index (χ2n) is 5.13. The van der Waals surface area contributed by atoms with Crippen molar-refractivity contribution in [2.75, 3.05) is 18.9 Å². The lowest BCUT2D eigenvalue weighted by atomic mass is 10.2. The number of ether oxygens (including phenoxy) is 2. The summed E-state index contributed by atoms with van der Waals surface area (Å²) in [5, 5.41) is 6.16. The van der Waals surface area contributed by atoms with Crippen molar-refractivity contribution >= 4 is 28.6 Å². The first-order valence-corrected chi connectivity index (χ1v) is 8.91. The Labute approximate surface area is 150 Å². The number of carbonyl (C=O) groups is 1. The Kier molecular flexibility index (Phi) is 7.21. The number of nitrogens with two attached hydrogens (primary N) is 1. The smallest absolute Gasteiger partial charge is 0.246 e. The SMILES string of the molecule is CCCOc1ccc(/C=N/NC(=O)Cc2csc(N)n2)cc1OCC. The number of aromatic nitrogens is 1. The summed E-state index contributed by atoms with van der Waals surface area (Å²) in [5.41, 5.74) is 9.43. The summed E-state index contributed by atoms with van der Waals surface area (Å²) in [4.78, 5) is 15.8. The molecular formula is C17H22N4O3S. The van der Waals surface area contributed by atoms with Gasteiger partial charge in [0, 0.05) is 5.38 Å². The molecule has 0 saturated heterocycles. The predicted molar refractivity (Wildman–Crippen MR) is 99.4 cm³/mol. The molecule has 0 atom stereocenters. The third-order valence-corrected chi connectivity index (χ3v) is 3.77. The molecule has 2 rings (SSSR count). The number of nitrogens with zero attached hydrogens (tertiary/aromatic N) is 2. The number of hydrogen-bond acceptors (Lipinski definition) is 7. The van der Waals surface area contributed by atoms with Gasteiger partial charge in [0.25, 0.3) is 0 Å². The molecule has 134 valence electrons. The topological polar surface area (TPSA) is 98.8 Å². The maximum Gasteiger partial charge on any atom is 0.246 e. The van der Waals surface area contributed by atoms with Gasteiger partial charge in [0.15, 0.2) is 16.6 Å². The number of anilines is 1.